The van der Waals surface area contributed by atoms with E-state index in [0.717, 1.165) is 27.7 Å². The molecule has 0 saturated carbocycles. The summed E-state index contributed by atoms with van der Waals surface area (Å²) in [6, 6.07) is 17.1. The molecular formula is C18H13N2O. The summed E-state index contributed by atoms with van der Waals surface area (Å²) >= 11 is 0. The highest BCUT2D eigenvalue weighted by Gasteiger charge is 2.12. The van der Waals surface area contributed by atoms with Crippen molar-refractivity contribution in [2.24, 2.45) is 0 Å². The number of rotatable bonds is 2. The Hall–Kier alpha value is -2.81. The highest BCUT2D eigenvalue weighted by Crippen LogP contribution is 2.26. The summed E-state index contributed by atoms with van der Waals surface area (Å²) in [6.45, 7) is 1.60. The van der Waals surface area contributed by atoms with Crippen LogP contribution in [0, 0.1) is 6.07 Å². The van der Waals surface area contributed by atoms with Gasteiger partial charge >= 0.3 is 0 Å². The van der Waals surface area contributed by atoms with Gasteiger partial charge in [-0.1, -0.05) is 18.2 Å². The average Bonchev–Trinajstić information content (AvgIpc) is 3.10. The molecule has 3 nitrogen and oxygen atoms in total. The van der Waals surface area contributed by atoms with Crippen LogP contribution in [-0.2, 0) is 0 Å². The first-order valence-corrected chi connectivity index (χ1v) is 6.83. The zero-order chi connectivity index (χ0) is 14.4. The second kappa shape index (κ2) is 4.35. The topological polar surface area (TPSA) is 37.8 Å². The van der Waals surface area contributed by atoms with E-state index in [1.165, 1.54) is 5.39 Å². The summed E-state index contributed by atoms with van der Waals surface area (Å²) in [7, 11) is 0. The van der Waals surface area contributed by atoms with E-state index < -0.39 is 0 Å². The number of H-pyrrole nitrogens is 1. The molecule has 0 aliphatic carbocycles. The second-order valence-corrected chi connectivity index (χ2v) is 5.16. The lowest BCUT2D eigenvalue weighted by atomic mass is 10.1. The zero-order valence-corrected chi connectivity index (χ0v) is 11.6. The Morgan fingerprint density at radius 1 is 1.24 bits per heavy atom. The van der Waals surface area contributed by atoms with Crippen LogP contribution in [0.25, 0.3) is 27.5 Å². The molecule has 0 unspecified atom stereocenters. The fourth-order valence-electron chi connectivity index (χ4n) is 2.80. The number of carbonyl (C=O) groups excluding carboxylic acids is 1. The van der Waals surface area contributed by atoms with Crippen LogP contribution in [0.2, 0.25) is 0 Å². The first-order chi connectivity index (χ1) is 10.2. The molecule has 2 aromatic heterocycles. The SMILES string of the molecule is CC(=O)c1cn(-c2ccc3cc[nH]c3c2)c2c[c]ccc12. The van der Waals surface area contributed by atoms with Gasteiger partial charge in [-0.05, 0) is 42.6 Å². The zero-order valence-electron chi connectivity index (χ0n) is 11.6. The first kappa shape index (κ1) is 12.0. The fraction of sp³-hybridized carbons (Fsp3) is 0.0556. The van der Waals surface area contributed by atoms with Gasteiger partial charge in [0.15, 0.2) is 5.78 Å². The minimum atomic E-state index is 0.0749. The standard InChI is InChI=1S/C18H13N2O/c1-12(21)16-11-20(18-5-3-2-4-15(16)18)14-7-6-13-8-9-19-17(13)10-14/h2,4-11,19H,1H3. The van der Waals surface area contributed by atoms with E-state index >= 15 is 0 Å². The number of hydrogen-bond donors (Lipinski definition) is 1. The average molecular weight is 273 g/mol. The number of benzene rings is 2. The van der Waals surface area contributed by atoms with E-state index in [9.17, 15) is 4.79 Å². The third kappa shape index (κ3) is 1.78. The predicted molar refractivity (Wildman–Crippen MR) is 84.0 cm³/mol. The number of aromatic nitrogens is 2. The minimum Gasteiger partial charge on any atom is -0.361 e. The molecule has 0 atom stereocenters. The van der Waals surface area contributed by atoms with Crippen LogP contribution < -0.4 is 0 Å². The van der Waals surface area contributed by atoms with Crippen molar-refractivity contribution in [1.82, 2.24) is 9.55 Å². The summed E-state index contributed by atoms with van der Waals surface area (Å²) in [5.74, 6) is 0.0749. The van der Waals surface area contributed by atoms with Gasteiger partial charge in [-0.15, -0.1) is 0 Å². The van der Waals surface area contributed by atoms with Gasteiger partial charge in [-0.25, -0.2) is 0 Å². The lowest BCUT2D eigenvalue weighted by Gasteiger charge is -2.05. The number of nitrogens with one attached hydrogen (secondary N) is 1. The van der Waals surface area contributed by atoms with Crippen molar-refractivity contribution in [3.63, 3.8) is 0 Å². The van der Waals surface area contributed by atoms with E-state index in [1.54, 1.807) is 6.92 Å². The molecular weight excluding hydrogens is 260 g/mol. The molecule has 1 N–H and O–H groups in total. The molecule has 0 amide bonds. The Kier molecular flexibility index (Phi) is 2.48. The van der Waals surface area contributed by atoms with E-state index in [-0.39, 0.29) is 5.78 Å². The number of fused-ring (bicyclic) bond motifs is 2. The molecule has 101 valence electrons. The molecule has 0 bridgehead atoms. The lowest BCUT2D eigenvalue weighted by molar-refractivity contribution is 0.101. The Labute approximate surface area is 121 Å². The van der Waals surface area contributed by atoms with Gasteiger partial charge in [0, 0.05) is 34.5 Å². The van der Waals surface area contributed by atoms with Gasteiger partial charge in [-0.2, -0.15) is 0 Å². The molecule has 0 spiro atoms. The van der Waals surface area contributed by atoms with Crippen LogP contribution in [0.4, 0.5) is 0 Å². The van der Waals surface area contributed by atoms with E-state index in [1.807, 2.05) is 41.2 Å². The molecule has 21 heavy (non-hydrogen) atoms. The maximum Gasteiger partial charge on any atom is 0.161 e. The number of hydrogen-bond acceptors (Lipinski definition) is 1. The maximum atomic E-state index is 11.8. The Balaban J connectivity index is 2.03. The van der Waals surface area contributed by atoms with Crippen molar-refractivity contribution in [3.8, 4) is 5.69 Å². The third-order valence-corrected chi connectivity index (χ3v) is 3.85. The van der Waals surface area contributed by atoms with Gasteiger partial charge < -0.3 is 9.55 Å². The molecule has 0 aliphatic rings. The molecule has 2 heterocycles. The highest BCUT2D eigenvalue weighted by atomic mass is 16.1. The monoisotopic (exact) mass is 273 g/mol. The van der Waals surface area contributed by atoms with Crippen LogP contribution in [0.15, 0.2) is 54.9 Å². The van der Waals surface area contributed by atoms with Gasteiger partial charge in [0.25, 0.3) is 0 Å². The van der Waals surface area contributed by atoms with Gasteiger partial charge in [-0.3, -0.25) is 4.79 Å². The molecule has 3 heteroatoms. The number of aromatic amines is 1. The van der Waals surface area contributed by atoms with Crippen molar-refractivity contribution < 1.29 is 4.79 Å². The normalized spacial score (nSPS) is 11.3. The summed E-state index contributed by atoms with van der Waals surface area (Å²) in [5, 5.41) is 2.14. The Morgan fingerprint density at radius 2 is 2.14 bits per heavy atom. The first-order valence-electron chi connectivity index (χ1n) is 6.83. The maximum absolute atomic E-state index is 11.8. The van der Waals surface area contributed by atoms with Crippen molar-refractivity contribution in [1.29, 1.82) is 0 Å². The Morgan fingerprint density at radius 3 is 3.00 bits per heavy atom. The van der Waals surface area contributed by atoms with E-state index in [2.05, 4.69) is 29.2 Å². The van der Waals surface area contributed by atoms with Crippen LogP contribution >= 0.6 is 0 Å². The van der Waals surface area contributed by atoms with Crippen molar-refractivity contribution in [2.75, 3.05) is 0 Å². The fourth-order valence-corrected chi connectivity index (χ4v) is 2.80. The molecule has 0 aliphatic heterocycles. The number of Topliss-reactive ketones (excluding diaryl/α,β-unsaturated/α-hetero) is 1. The lowest BCUT2D eigenvalue weighted by Crippen LogP contribution is -1.92. The summed E-state index contributed by atoms with van der Waals surface area (Å²) in [4.78, 5) is 15.1. The summed E-state index contributed by atoms with van der Waals surface area (Å²) in [5.41, 5.74) is 3.85. The Bertz CT molecular complexity index is 975. The molecule has 2 aromatic carbocycles. The van der Waals surface area contributed by atoms with E-state index in [4.69, 9.17) is 0 Å². The predicted octanol–water partition coefficient (Wildman–Crippen LogP) is 4.11. The number of carbonyl (C=O) groups is 1. The second-order valence-electron chi connectivity index (χ2n) is 5.16. The number of nitrogens with zero attached hydrogens (tertiary/aromatic N) is 1. The minimum absolute atomic E-state index is 0.0749. The molecule has 4 rings (SSSR count). The smallest absolute Gasteiger partial charge is 0.161 e. The highest BCUT2D eigenvalue weighted by molar-refractivity contribution is 6.07. The molecule has 0 saturated heterocycles. The van der Waals surface area contributed by atoms with Crippen LogP contribution in [0.1, 0.15) is 17.3 Å². The molecule has 4 aromatic rings. The van der Waals surface area contributed by atoms with Crippen LogP contribution in [0.3, 0.4) is 0 Å². The molecule has 1 radical (unpaired) electrons. The van der Waals surface area contributed by atoms with Gasteiger partial charge in [0.2, 0.25) is 0 Å². The van der Waals surface area contributed by atoms with E-state index in [0.29, 0.717) is 0 Å². The van der Waals surface area contributed by atoms with Crippen molar-refractivity contribution in [2.45, 2.75) is 6.92 Å². The summed E-state index contributed by atoms with van der Waals surface area (Å²) < 4.78 is 2.04. The van der Waals surface area contributed by atoms with Crippen LogP contribution in [0.5, 0.6) is 0 Å². The quantitative estimate of drug-likeness (QED) is 0.548. The number of ketones is 1. The van der Waals surface area contributed by atoms with Crippen molar-refractivity contribution in [3.05, 3.63) is 66.5 Å². The largest absolute Gasteiger partial charge is 0.361 e. The molecule has 0 fully saturated rings. The van der Waals surface area contributed by atoms with Crippen LogP contribution in [-0.4, -0.2) is 15.3 Å². The van der Waals surface area contributed by atoms with Gasteiger partial charge in [0.05, 0.1) is 5.52 Å². The van der Waals surface area contributed by atoms with Crippen molar-refractivity contribution >= 4 is 27.6 Å². The third-order valence-electron chi connectivity index (χ3n) is 3.85. The van der Waals surface area contributed by atoms with Gasteiger partial charge in [0.1, 0.15) is 0 Å². The summed E-state index contributed by atoms with van der Waals surface area (Å²) in [6.07, 6.45) is 3.84.